The van der Waals surface area contributed by atoms with Gasteiger partial charge in [-0.2, -0.15) is 0 Å². The second kappa shape index (κ2) is 7.61. The second-order valence-corrected chi connectivity index (χ2v) is 6.93. The van der Waals surface area contributed by atoms with Crippen LogP contribution in [0.3, 0.4) is 0 Å². The molecule has 2 N–H and O–H groups in total. The summed E-state index contributed by atoms with van der Waals surface area (Å²) in [4.78, 5) is 2.38. The van der Waals surface area contributed by atoms with Crippen LogP contribution in [-0.2, 0) is 0 Å². The standard InChI is InChI=1S/C20H24FN3O2/c1-25-18-7-2-3-8-19(18)26-17-12-24(13-17)11-15-10-22-23-20(15)14-5-4-6-16(21)9-14/h2-9,15,17,20,22-23H,10-13H2,1H3. The van der Waals surface area contributed by atoms with Crippen LogP contribution in [-0.4, -0.2) is 44.3 Å². The maximum absolute atomic E-state index is 13.5. The van der Waals surface area contributed by atoms with Gasteiger partial charge < -0.3 is 9.47 Å². The summed E-state index contributed by atoms with van der Waals surface area (Å²) in [5, 5.41) is 0. The zero-order chi connectivity index (χ0) is 17.9. The van der Waals surface area contributed by atoms with Crippen LogP contribution in [0.5, 0.6) is 11.5 Å². The lowest BCUT2D eigenvalue weighted by molar-refractivity contribution is 0.00866. The van der Waals surface area contributed by atoms with Gasteiger partial charge in [-0.3, -0.25) is 10.3 Å². The minimum absolute atomic E-state index is 0.125. The summed E-state index contributed by atoms with van der Waals surface area (Å²) in [6, 6.07) is 14.7. The van der Waals surface area contributed by atoms with Crippen molar-refractivity contribution in [1.82, 2.24) is 15.8 Å². The smallest absolute Gasteiger partial charge is 0.161 e. The highest BCUT2D eigenvalue weighted by Gasteiger charge is 2.35. The van der Waals surface area contributed by atoms with Gasteiger partial charge in [0.2, 0.25) is 0 Å². The van der Waals surface area contributed by atoms with E-state index in [1.165, 1.54) is 6.07 Å². The molecule has 138 valence electrons. The van der Waals surface area contributed by atoms with Crippen molar-refractivity contribution in [2.45, 2.75) is 12.1 Å². The van der Waals surface area contributed by atoms with Crippen LogP contribution in [0.15, 0.2) is 48.5 Å². The van der Waals surface area contributed by atoms with Crippen LogP contribution in [0.4, 0.5) is 4.39 Å². The van der Waals surface area contributed by atoms with Crippen LogP contribution in [0, 0.1) is 11.7 Å². The van der Waals surface area contributed by atoms with Gasteiger partial charge in [-0.1, -0.05) is 24.3 Å². The molecule has 0 radical (unpaired) electrons. The fourth-order valence-corrected chi connectivity index (χ4v) is 3.73. The van der Waals surface area contributed by atoms with Crippen molar-refractivity contribution in [2.75, 3.05) is 33.3 Å². The third-order valence-corrected chi connectivity index (χ3v) is 5.08. The molecule has 2 fully saturated rings. The van der Waals surface area contributed by atoms with Crippen molar-refractivity contribution >= 4 is 0 Å². The van der Waals surface area contributed by atoms with Gasteiger partial charge in [0, 0.05) is 32.1 Å². The van der Waals surface area contributed by atoms with Crippen molar-refractivity contribution in [3.63, 3.8) is 0 Å². The van der Waals surface area contributed by atoms with Crippen molar-refractivity contribution in [1.29, 1.82) is 0 Å². The summed E-state index contributed by atoms with van der Waals surface area (Å²) in [6.45, 7) is 3.61. The van der Waals surface area contributed by atoms with Gasteiger partial charge in [-0.05, 0) is 29.8 Å². The average Bonchev–Trinajstić information content (AvgIpc) is 3.08. The number of para-hydroxylation sites is 2. The molecule has 4 rings (SSSR count). The van der Waals surface area contributed by atoms with E-state index in [-0.39, 0.29) is 18.0 Å². The number of methoxy groups -OCH3 is 1. The number of hydrazine groups is 1. The van der Waals surface area contributed by atoms with Crippen molar-refractivity contribution in [3.8, 4) is 11.5 Å². The Morgan fingerprint density at radius 1 is 1.12 bits per heavy atom. The molecule has 6 heteroatoms. The summed E-state index contributed by atoms with van der Waals surface area (Å²) >= 11 is 0. The highest BCUT2D eigenvalue weighted by atomic mass is 19.1. The number of nitrogens with zero attached hydrogens (tertiary/aromatic N) is 1. The minimum atomic E-state index is -0.191. The Morgan fingerprint density at radius 2 is 1.92 bits per heavy atom. The number of rotatable bonds is 6. The molecule has 2 aliphatic rings. The molecule has 2 aliphatic heterocycles. The van der Waals surface area contributed by atoms with Gasteiger partial charge in [-0.15, -0.1) is 0 Å². The fraction of sp³-hybridized carbons (Fsp3) is 0.400. The number of hydrogen-bond donors (Lipinski definition) is 2. The average molecular weight is 357 g/mol. The Labute approximate surface area is 153 Å². The molecule has 0 spiro atoms. The first-order valence-corrected chi connectivity index (χ1v) is 8.99. The Bertz CT molecular complexity index is 751. The SMILES string of the molecule is COc1ccccc1OC1CN(CC2CNNC2c2cccc(F)c2)C1. The molecule has 2 aromatic rings. The van der Waals surface area contributed by atoms with Gasteiger partial charge in [0.1, 0.15) is 11.9 Å². The van der Waals surface area contributed by atoms with Crippen LogP contribution in [0.25, 0.3) is 0 Å². The van der Waals surface area contributed by atoms with E-state index in [0.29, 0.717) is 5.92 Å². The lowest BCUT2D eigenvalue weighted by Crippen LogP contribution is -2.55. The van der Waals surface area contributed by atoms with E-state index < -0.39 is 0 Å². The second-order valence-electron chi connectivity index (χ2n) is 6.93. The third-order valence-electron chi connectivity index (χ3n) is 5.08. The van der Waals surface area contributed by atoms with Crippen LogP contribution in [0.2, 0.25) is 0 Å². The molecule has 2 unspecified atom stereocenters. The molecule has 5 nitrogen and oxygen atoms in total. The molecular weight excluding hydrogens is 333 g/mol. The molecule has 0 aromatic heterocycles. The lowest BCUT2D eigenvalue weighted by Gasteiger charge is -2.41. The topological polar surface area (TPSA) is 45.8 Å². The van der Waals surface area contributed by atoms with Crippen LogP contribution < -0.4 is 20.3 Å². The molecular formula is C20H24FN3O2. The summed E-state index contributed by atoms with van der Waals surface area (Å²) in [5.41, 5.74) is 7.48. The molecule has 2 heterocycles. The number of hydrogen-bond acceptors (Lipinski definition) is 5. The Kier molecular flexibility index (Phi) is 5.06. The van der Waals surface area contributed by atoms with Gasteiger partial charge in [0.15, 0.2) is 11.5 Å². The van der Waals surface area contributed by atoms with Crippen molar-refractivity contribution in [2.24, 2.45) is 5.92 Å². The van der Waals surface area contributed by atoms with Crippen molar-refractivity contribution < 1.29 is 13.9 Å². The fourth-order valence-electron chi connectivity index (χ4n) is 3.73. The highest BCUT2D eigenvalue weighted by Crippen LogP contribution is 2.30. The summed E-state index contributed by atoms with van der Waals surface area (Å²) in [6.07, 6.45) is 0.182. The van der Waals surface area contributed by atoms with E-state index in [1.807, 2.05) is 30.3 Å². The van der Waals surface area contributed by atoms with Crippen LogP contribution in [0.1, 0.15) is 11.6 Å². The zero-order valence-corrected chi connectivity index (χ0v) is 14.8. The molecule has 0 saturated carbocycles. The van der Waals surface area contributed by atoms with Crippen LogP contribution >= 0.6 is 0 Å². The normalized spacial score (nSPS) is 23.6. The number of benzene rings is 2. The van der Waals surface area contributed by atoms with Gasteiger partial charge >= 0.3 is 0 Å². The van der Waals surface area contributed by atoms with E-state index in [1.54, 1.807) is 19.2 Å². The van der Waals surface area contributed by atoms with E-state index in [4.69, 9.17) is 9.47 Å². The van der Waals surface area contributed by atoms with E-state index >= 15 is 0 Å². The predicted octanol–water partition coefficient (Wildman–Crippen LogP) is 2.36. The Balaban J connectivity index is 1.31. The molecule has 0 amide bonds. The molecule has 0 aliphatic carbocycles. The molecule has 2 atom stereocenters. The Morgan fingerprint density at radius 3 is 2.69 bits per heavy atom. The summed E-state index contributed by atoms with van der Waals surface area (Å²) in [7, 11) is 1.65. The maximum atomic E-state index is 13.5. The third kappa shape index (κ3) is 3.67. The van der Waals surface area contributed by atoms with E-state index in [0.717, 1.165) is 43.2 Å². The number of halogens is 1. The number of nitrogens with one attached hydrogen (secondary N) is 2. The monoisotopic (exact) mass is 357 g/mol. The Hall–Kier alpha value is -2.15. The van der Waals surface area contributed by atoms with Gasteiger partial charge in [-0.25, -0.2) is 9.82 Å². The largest absolute Gasteiger partial charge is 0.493 e. The lowest BCUT2D eigenvalue weighted by atomic mass is 9.93. The zero-order valence-electron chi connectivity index (χ0n) is 14.8. The maximum Gasteiger partial charge on any atom is 0.161 e. The van der Waals surface area contributed by atoms with E-state index in [9.17, 15) is 4.39 Å². The molecule has 2 saturated heterocycles. The number of ether oxygens (including phenoxy) is 2. The molecule has 0 bridgehead atoms. The summed E-state index contributed by atoms with van der Waals surface area (Å²) in [5.74, 6) is 1.76. The predicted molar refractivity (Wildman–Crippen MR) is 97.6 cm³/mol. The number of likely N-dealkylation sites (tertiary alicyclic amines) is 1. The summed E-state index contributed by atoms with van der Waals surface area (Å²) < 4.78 is 24.9. The molecule has 26 heavy (non-hydrogen) atoms. The first kappa shape index (κ1) is 17.3. The van der Waals surface area contributed by atoms with Crippen molar-refractivity contribution in [3.05, 3.63) is 59.9 Å². The first-order chi connectivity index (χ1) is 12.7. The van der Waals surface area contributed by atoms with E-state index in [2.05, 4.69) is 15.8 Å². The molecule has 2 aromatic carbocycles. The quantitative estimate of drug-likeness (QED) is 0.831. The highest BCUT2D eigenvalue weighted by molar-refractivity contribution is 5.39. The first-order valence-electron chi connectivity index (χ1n) is 8.99. The minimum Gasteiger partial charge on any atom is -0.493 e. The van der Waals surface area contributed by atoms with Gasteiger partial charge in [0.25, 0.3) is 0 Å². The van der Waals surface area contributed by atoms with Gasteiger partial charge in [0.05, 0.1) is 13.2 Å².